The summed E-state index contributed by atoms with van der Waals surface area (Å²) in [5, 5.41) is 1.00. The minimum Gasteiger partial charge on any atom is -0.495 e. The molecule has 0 aliphatic heterocycles. The third-order valence-corrected chi connectivity index (χ3v) is 5.14. The second-order valence-corrected chi connectivity index (χ2v) is 7.92. The third-order valence-electron chi connectivity index (χ3n) is 4.09. The Morgan fingerprint density at radius 1 is 1.17 bits per heavy atom. The normalized spacial score (nSPS) is 11.9. The number of aryl methyl sites for hydroxylation is 1. The fraction of sp³-hybridized carbons (Fsp3) is 0.150. The van der Waals surface area contributed by atoms with E-state index in [9.17, 15) is 17.2 Å². The molecule has 0 spiro atoms. The molecule has 6 nitrogen and oxygen atoms in total. The van der Waals surface area contributed by atoms with Gasteiger partial charge in [0.2, 0.25) is 10.0 Å². The molecular formula is C20H19F2N3O3S. The van der Waals surface area contributed by atoms with Crippen molar-refractivity contribution in [3.8, 4) is 11.4 Å². The standard InChI is InChI=1S/C20H19F2N3O3S/c1-14-12-25(13-23-14)19-6-4-15(10-20(19)28-2)7-8-29(26,27)24-11-16-3-5-17(21)18(22)9-16/h3-10,12-13,24H,11H2,1-2H3. The van der Waals surface area contributed by atoms with E-state index in [-0.39, 0.29) is 6.54 Å². The summed E-state index contributed by atoms with van der Waals surface area (Å²) in [5.41, 5.74) is 2.54. The van der Waals surface area contributed by atoms with Crippen LogP contribution < -0.4 is 9.46 Å². The lowest BCUT2D eigenvalue weighted by atomic mass is 10.2. The van der Waals surface area contributed by atoms with E-state index in [2.05, 4.69) is 9.71 Å². The first-order chi connectivity index (χ1) is 13.8. The van der Waals surface area contributed by atoms with Crippen molar-refractivity contribution in [2.24, 2.45) is 0 Å². The summed E-state index contributed by atoms with van der Waals surface area (Å²) in [6.45, 7) is 1.71. The summed E-state index contributed by atoms with van der Waals surface area (Å²) < 4.78 is 60.0. The Kier molecular flexibility index (Phi) is 6.09. The summed E-state index contributed by atoms with van der Waals surface area (Å²) in [6, 6.07) is 8.45. The second kappa shape index (κ2) is 8.54. The van der Waals surface area contributed by atoms with Crippen LogP contribution in [0.5, 0.6) is 5.75 Å². The fourth-order valence-electron chi connectivity index (χ4n) is 2.61. The molecule has 0 atom stereocenters. The molecule has 3 rings (SSSR count). The van der Waals surface area contributed by atoms with Crippen LogP contribution in [-0.2, 0) is 16.6 Å². The van der Waals surface area contributed by atoms with Gasteiger partial charge in [0.1, 0.15) is 5.75 Å². The van der Waals surface area contributed by atoms with Crippen molar-refractivity contribution in [2.75, 3.05) is 7.11 Å². The van der Waals surface area contributed by atoms with Gasteiger partial charge in [0.15, 0.2) is 11.6 Å². The number of nitrogens with zero attached hydrogens (tertiary/aromatic N) is 2. The lowest BCUT2D eigenvalue weighted by molar-refractivity contribution is 0.413. The van der Waals surface area contributed by atoms with Gasteiger partial charge in [-0.1, -0.05) is 12.1 Å². The first-order valence-corrected chi connectivity index (χ1v) is 10.1. The van der Waals surface area contributed by atoms with Gasteiger partial charge in [0.05, 0.1) is 24.8 Å². The van der Waals surface area contributed by atoms with Crippen LogP contribution in [0.4, 0.5) is 8.78 Å². The van der Waals surface area contributed by atoms with Crippen LogP contribution in [0.3, 0.4) is 0 Å². The van der Waals surface area contributed by atoms with E-state index in [0.29, 0.717) is 16.9 Å². The molecule has 0 aliphatic rings. The van der Waals surface area contributed by atoms with E-state index < -0.39 is 21.7 Å². The predicted molar refractivity (Wildman–Crippen MR) is 106 cm³/mol. The Morgan fingerprint density at radius 2 is 1.97 bits per heavy atom. The average molecular weight is 419 g/mol. The highest BCUT2D eigenvalue weighted by Gasteiger charge is 2.09. The number of ether oxygens (including phenoxy) is 1. The minimum atomic E-state index is -3.78. The van der Waals surface area contributed by atoms with E-state index in [1.165, 1.54) is 19.3 Å². The number of aromatic nitrogens is 2. The second-order valence-electron chi connectivity index (χ2n) is 6.27. The molecule has 1 aromatic heterocycles. The first kappa shape index (κ1) is 20.7. The zero-order valence-corrected chi connectivity index (χ0v) is 16.6. The van der Waals surface area contributed by atoms with Crippen molar-refractivity contribution in [1.29, 1.82) is 0 Å². The highest BCUT2D eigenvalue weighted by Crippen LogP contribution is 2.25. The predicted octanol–water partition coefficient (Wildman–Crippen LogP) is 3.56. The summed E-state index contributed by atoms with van der Waals surface area (Å²) in [4.78, 5) is 4.18. The molecule has 0 saturated carbocycles. The molecule has 0 aliphatic carbocycles. The molecule has 0 saturated heterocycles. The molecule has 9 heteroatoms. The largest absolute Gasteiger partial charge is 0.495 e. The van der Waals surface area contributed by atoms with Crippen molar-refractivity contribution in [3.05, 3.63) is 82.8 Å². The molecule has 0 amide bonds. The number of methoxy groups -OCH3 is 1. The van der Waals surface area contributed by atoms with Crippen LogP contribution in [0.25, 0.3) is 11.8 Å². The zero-order chi connectivity index (χ0) is 21.0. The van der Waals surface area contributed by atoms with Crippen LogP contribution in [0.1, 0.15) is 16.8 Å². The van der Waals surface area contributed by atoms with Crippen molar-refractivity contribution >= 4 is 16.1 Å². The van der Waals surface area contributed by atoms with E-state index in [1.807, 2.05) is 17.7 Å². The summed E-state index contributed by atoms with van der Waals surface area (Å²) >= 11 is 0. The molecule has 152 valence electrons. The Balaban J connectivity index is 1.73. The van der Waals surface area contributed by atoms with Gasteiger partial charge in [0.25, 0.3) is 0 Å². The lowest BCUT2D eigenvalue weighted by Gasteiger charge is -2.10. The van der Waals surface area contributed by atoms with E-state index in [4.69, 9.17) is 4.74 Å². The topological polar surface area (TPSA) is 73.2 Å². The van der Waals surface area contributed by atoms with E-state index in [0.717, 1.165) is 28.9 Å². The van der Waals surface area contributed by atoms with Gasteiger partial charge < -0.3 is 9.30 Å². The molecular weight excluding hydrogens is 400 g/mol. The Morgan fingerprint density at radius 3 is 2.62 bits per heavy atom. The highest BCUT2D eigenvalue weighted by molar-refractivity contribution is 7.92. The van der Waals surface area contributed by atoms with Gasteiger partial charge in [-0.2, -0.15) is 0 Å². The number of rotatable bonds is 7. The van der Waals surface area contributed by atoms with Crippen LogP contribution in [0.2, 0.25) is 0 Å². The van der Waals surface area contributed by atoms with E-state index >= 15 is 0 Å². The Hall–Kier alpha value is -3.04. The van der Waals surface area contributed by atoms with Crippen LogP contribution >= 0.6 is 0 Å². The van der Waals surface area contributed by atoms with Crippen LogP contribution in [0.15, 0.2) is 54.3 Å². The maximum absolute atomic E-state index is 13.2. The zero-order valence-electron chi connectivity index (χ0n) is 15.8. The smallest absolute Gasteiger partial charge is 0.234 e. The third kappa shape index (κ3) is 5.27. The number of nitrogens with one attached hydrogen (secondary N) is 1. The molecule has 0 unspecified atom stereocenters. The number of hydrogen-bond acceptors (Lipinski definition) is 4. The van der Waals surface area contributed by atoms with Crippen molar-refractivity contribution in [2.45, 2.75) is 13.5 Å². The minimum absolute atomic E-state index is 0.161. The molecule has 29 heavy (non-hydrogen) atoms. The number of benzene rings is 2. The monoisotopic (exact) mass is 419 g/mol. The number of hydrogen-bond donors (Lipinski definition) is 1. The number of sulfonamides is 1. The molecule has 1 N–H and O–H groups in total. The molecule has 1 heterocycles. The van der Waals surface area contributed by atoms with Gasteiger partial charge >= 0.3 is 0 Å². The fourth-order valence-corrected chi connectivity index (χ4v) is 3.41. The van der Waals surface area contributed by atoms with Crippen molar-refractivity contribution in [1.82, 2.24) is 14.3 Å². The van der Waals surface area contributed by atoms with Gasteiger partial charge in [-0.05, 0) is 48.4 Å². The Bertz CT molecular complexity index is 1160. The van der Waals surface area contributed by atoms with Gasteiger partial charge in [-0.15, -0.1) is 0 Å². The molecule has 0 bridgehead atoms. The van der Waals surface area contributed by atoms with Crippen molar-refractivity contribution < 1.29 is 21.9 Å². The van der Waals surface area contributed by atoms with Crippen LogP contribution in [0, 0.1) is 18.6 Å². The summed E-state index contributed by atoms with van der Waals surface area (Å²) in [7, 11) is -2.26. The molecule has 0 radical (unpaired) electrons. The van der Waals surface area contributed by atoms with Gasteiger partial charge in [-0.3, -0.25) is 0 Å². The van der Waals surface area contributed by atoms with E-state index in [1.54, 1.807) is 24.5 Å². The highest BCUT2D eigenvalue weighted by atomic mass is 32.2. The SMILES string of the molecule is COc1cc(C=CS(=O)(=O)NCc2ccc(F)c(F)c2)ccc1-n1cnc(C)c1. The summed E-state index contributed by atoms with van der Waals surface area (Å²) in [6.07, 6.45) is 4.93. The molecule has 2 aromatic carbocycles. The average Bonchev–Trinajstić information content (AvgIpc) is 3.13. The lowest BCUT2D eigenvalue weighted by Crippen LogP contribution is -2.20. The van der Waals surface area contributed by atoms with Gasteiger partial charge in [0, 0.05) is 18.1 Å². The van der Waals surface area contributed by atoms with Crippen molar-refractivity contribution in [3.63, 3.8) is 0 Å². The summed E-state index contributed by atoms with van der Waals surface area (Å²) in [5.74, 6) is -1.46. The number of halogens is 2. The molecule has 3 aromatic rings. The maximum atomic E-state index is 13.2. The molecule has 0 fully saturated rings. The van der Waals surface area contributed by atoms with Crippen LogP contribution in [-0.4, -0.2) is 25.1 Å². The Labute approximate surface area is 167 Å². The quantitative estimate of drug-likeness (QED) is 0.636. The van der Waals surface area contributed by atoms with Gasteiger partial charge in [-0.25, -0.2) is 26.9 Å². The number of imidazole rings is 1. The maximum Gasteiger partial charge on any atom is 0.234 e. The first-order valence-electron chi connectivity index (χ1n) is 8.58.